The number of nitrogens with one attached hydrogen (secondary N) is 4. The molecule has 6 fully saturated rings. The quantitative estimate of drug-likeness (QED) is 0.0285. The molecule has 0 spiro atoms. The number of ether oxygens (including phenoxy) is 3. The average molecular weight is 1490 g/mol. The van der Waals surface area contributed by atoms with Gasteiger partial charge < -0.3 is 64.7 Å². The molecule has 0 amide bonds. The second kappa shape index (κ2) is 32.4. The van der Waals surface area contributed by atoms with Crippen molar-refractivity contribution < 1.29 is 28.4 Å². The first-order chi connectivity index (χ1) is 53.6. The zero-order valence-corrected chi connectivity index (χ0v) is 62.5. The number of halogens is 1. The topological polar surface area (TPSA) is 296 Å². The fourth-order valence-electron chi connectivity index (χ4n) is 15.6. The Labute approximate surface area is 635 Å². The van der Waals surface area contributed by atoms with Gasteiger partial charge in [0, 0.05) is 195 Å². The highest BCUT2D eigenvalue weighted by Crippen LogP contribution is 2.44. The van der Waals surface area contributed by atoms with Crippen LogP contribution in [0.1, 0.15) is 38.5 Å². The third kappa shape index (κ3) is 15.5. The highest BCUT2D eigenvalue weighted by molar-refractivity contribution is 5.97. The summed E-state index contributed by atoms with van der Waals surface area (Å²) in [5.41, 5.74) is 18.2. The van der Waals surface area contributed by atoms with Crippen molar-refractivity contribution in [2.75, 3.05) is 131 Å². The number of nitrogen functional groups attached to an aromatic ring is 1. The predicted octanol–water partition coefficient (Wildman–Crippen LogP) is 13.3. The van der Waals surface area contributed by atoms with Gasteiger partial charge in [0.1, 0.15) is 22.9 Å². The van der Waals surface area contributed by atoms with Crippen molar-refractivity contribution in [3.05, 3.63) is 191 Å². The molecule has 0 aliphatic carbocycles. The average Bonchev–Trinajstić information content (AvgIpc) is 1.39. The number of hydrogen-bond donors (Lipinski definition) is 5. The Kier molecular flexibility index (Phi) is 21.6. The molecule has 6 aliphatic heterocycles. The second-order valence-electron chi connectivity index (χ2n) is 28.5. The number of nitro benzene ring substituents is 2. The number of fused-ring (bicyclic) bond motifs is 3. The molecule has 29 heteroatoms. The molecule has 12 heterocycles. The van der Waals surface area contributed by atoms with Gasteiger partial charge in [-0.2, -0.15) is 4.39 Å². The Balaban J connectivity index is 0.000000124. The van der Waals surface area contributed by atoms with E-state index in [0.29, 0.717) is 46.8 Å². The van der Waals surface area contributed by atoms with Gasteiger partial charge in [0.15, 0.2) is 0 Å². The number of nitrogens with two attached hydrogens (primary N) is 1. The van der Waals surface area contributed by atoms with Crippen LogP contribution in [0, 0.1) is 26.0 Å². The van der Waals surface area contributed by atoms with Crippen LogP contribution in [-0.4, -0.2) is 186 Å². The summed E-state index contributed by atoms with van der Waals surface area (Å²) in [6, 6.07) is 41.2. The van der Waals surface area contributed by atoms with E-state index in [0.717, 1.165) is 136 Å². The minimum absolute atomic E-state index is 0.0355. The summed E-state index contributed by atoms with van der Waals surface area (Å²) in [4.78, 5) is 61.1. The highest BCUT2D eigenvalue weighted by Gasteiger charge is 2.38. The Bertz CT molecular complexity index is 5330. The number of aryl methyl sites for hydroxylation is 3. The Morgan fingerprint density at radius 1 is 0.464 bits per heavy atom. The minimum atomic E-state index is -0.983. The number of nitro groups is 2. The van der Waals surface area contributed by atoms with Crippen molar-refractivity contribution in [3.8, 4) is 51.0 Å². The van der Waals surface area contributed by atoms with E-state index in [-0.39, 0.29) is 28.0 Å². The summed E-state index contributed by atoms with van der Waals surface area (Å²) in [6.45, 7) is 13.4. The van der Waals surface area contributed by atoms with Crippen molar-refractivity contribution in [3.63, 3.8) is 0 Å². The molecule has 6 aromatic carbocycles. The number of benzene rings is 6. The number of rotatable bonds is 19. The SMILES string of the molecule is C1CCN(C2CNC2)C1.COc1cc(F)c([N+](=O)[O-])cc1Nc1nccc(-c2cn(C)c3ccccc23)n1.COc1cc(N2CC(N3CCCC3)C2)c(N)cc1Nc1nccc(-c2cn(C)c3ccccc23)n1.COc1cc(N2CC(N3CCCC3)C2)c([N+](=O)[O-])cc1Nc1nccc(-c2cn(C)c3ccccc23)n1. The van der Waals surface area contributed by atoms with Gasteiger partial charge in [-0.05, 0) is 120 Å². The molecule has 28 nitrogen and oxygen atoms in total. The molecule has 6 saturated heterocycles. The van der Waals surface area contributed by atoms with Gasteiger partial charge >= 0.3 is 5.69 Å². The molecule has 6 aliphatic rings. The molecule has 0 radical (unpaired) electrons. The molecule has 18 rings (SSSR count). The molecule has 110 heavy (non-hydrogen) atoms. The lowest BCUT2D eigenvalue weighted by atomic mass is 10.0. The van der Waals surface area contributed by atoms with Gasteiger partial charge in [0.05, 0.1) is 76.7 Å². The van der Waals surface area contributed by atoms with Crippen molar-refractivity contribution in [1.29, 1.82) is 0 Å². The van der Waals surface area contributed by atoms with Crippen LogP contribution in [-0.2, 0) is 21.1 Å². The third-order valence-corrected chi connectivity index (χ3v) is 21.7. The molecule has 0 unspecified atom stereocenters. The summed E-state index contributed by atoms with van der Waals surface area (Å²) >= 11 is 0. The van der Waals surface area contributed by atoms with Crippen molar-refractivity contribution >= 4 is 96.1 Å². The normalized spacial score (nSPS) is 16.1. The van der Waals surface area contributed by atoms with E-state index in [1.807, 2.05) is 111 Å². The molecule has 6 N–H and O–H groups in total. The van der Waals surface area contributed by atoms with E-state index in [9.17, 15) is 24.6 Å². The van der Waals surface area contributed by atoms with Crippen LogP contribution in [0.4, 0.5) is 67.7 Å². The Morgan fingerprint density at radius 3 is 1.18 bits per heavy atom. The number of methoxy groups -OCH3 is 3. The van der Waals surface area contributed by atoms with Gasteiger partial charge in [-0.3, -0.25) is 34.9 Å². The van der Waals surface area contributed by atoms with Crippen molar-refractivity contribution in [1.82, 2.24) is 63.6 Å². The van der Waals surface area contributed by atoms with Crippen LogP contribution in [0.3, 0.4) is 0 Å². The third-order valence-electron chi connectivity index (χ3n) is 21.7. The summed E-state index contributed by atoms with van der Waals surface area (Å²) in [5.74, 6) is 1.38. The maximum absolute atomic E-state index is 13.9. The smallest absolute Gasteiger partial charge is 0.307 e. The van der Waals surface area contributed by atoms with Gasteiger partial charge in [0.25, 0.3) is 5.69 Å². The first-order valence-corrected chi connectivity index (χ1v) is 37.3. The number of para-hydroxylation sites is 3. The van der Waals surface area contributed by atoms with Crippen LogP contribution in [0.15, 0.2) is 165 Å². The number of anilines is 9. The molecular formula is C81H90FN21O7. The van der Waals surface area contributed by atoms with E-state index in [1.165, 1.54) is 96.5 Å². The Hall–Kier alpha value is -12.1. The van der Waals surface area contributed by atoms with Crippen molar-refractivity contribution in [2.45, 2.75) is 56.7 Å². The second-order valence-corrected chi connectivity index (χ2v) is 28.5. The number of hydrogen-bond acceptors (Lipinski definition) is 23. The largest absolute Gasteiger partial charge is 0.494 e. The van der Waals surface area contributed by atoms with Crippen LogP contribution in [0.2, 0.25) is 0 Å². The van der Waals surface area contributed by atoms with E-state index < -0.39 is 16.4 Å². The van der Waals surface area contributed by atoms with Gasteiger partial charge in [0.2, 0.25) is 23.7 Å². The van der Waals surface area contributed by atoms with E-state index >= 15 is 0 Å². The fourth-order valence-corrected chi connectivity index (χ4v) is 15.6. The minimum Gasteiger partial charge on any atom is -0.494 e. The van der Waals surface area contributed by atoms with E-state index in [4.69, 9.17) is 29.9 Å². The number of aromatic nitrogens is 9. The number of likely N-dealkylation sites (tertiary alicyclic amines) is 3. The molecule has 568 valence electrons. The molecule has 12 aromatic rings. The van der Waals surface area contributed by atoms with Crippen LogP contribution in [0.25, 0.3) is 66.5 Å². The molecule has 0 atom stereocenters. The van der Waals surface area contributed by atoms with Gasteiger partial charge in [-0.15, -0.1) is 0 Å². The maximum atomic E-state index is 13.9. The van der Waals surface area contributed by atoms with Gasteiger partial charge in [-0.1, -0.05) is 54.6 Å². The van der Waals surface area contributed by atoms with Crippen LogP contribution >= 0.6 is 0 Å². The van der Waals surface area contributed by atoms with Crippen LogP contribution < -0.4 is 51.0 Å². The highest BCUT2D eigenvalue weighted by atomic mass is 19.1. The monoisotopic (exact) mass is 1490 g/mol. The first-order valence-electron chi connectivity index (χ1n) is 37.3. The fraction of sp³-hybridized carbons (Fsp3) is 0.333. The molecule has 0 bridgehead atoms. The summed E-state index contributed by atoms with van der Waals surface area (Å²) in [5, 5.41) is 39.0. The van der Waals surface area contributed by atoms with Crippen molar-refractivity contribution in [2.24, 2.45) is 21.1 Å². The molecular weight excluding hydrogens is 1400 g/mol. The maximum Gasteiger partial charge on any atom is 0.307 e. The zero-order valence-electron chi connectivity index (χ0n) is 62.5. The van der Waals surface area contributed by atoms with E-state index in [2.05, 4.69) is 105 Å². The van der Waals surface area contributed by atoms with Gasteiger partial charge in [-0.25, -0.2) is 29.9 Å². The summed E-state index contributed by atoms with van der Waals surface area (Å²) < 4.78 is 36.5. The predicted molar refractivity (Wildman–Crippen MR) is 429 cm³/mol. The summed E-state index contributed by atoms with van der Waals surface area (Å²) in [7, 11) is 10.6. The standard InChI is InChI=1S/C27H29N7O3.C27H31N7O.C20H16FN5O3.C7H14N2/c1-31-17-20(19-7-3-4-8-23(19)31)21-9-10-28-27(29-21)30-22-13-25(34(35)36)24(14-26(22)37-2)33-15-18(16-33)32-11-5-6-12-32;1-32-17-20(19-7-3-4-8-24(19)32)22-9-10-29-27(30-22)31-23-13-21(28)25(14-26(23)35-2)34-15-18(16-34)33-11-5-6-12-33;1-25-11-13(12-5-3-4-6-17(12)25)15-7-8-22-20(23-15)24-16-10-18(26(27)28)14(21)9-19(16)29-2;1-2-4-9(3-1)7-5-8-6-7/h3-4,7-10,13-14,17-18H,5-6,11-12,15-16H2,1-2H3,(H,28,29,30);3-4,7-10,13-14,17-18H,5-6,11-12,15-16,28H2,1-2H3,(H,29,30,31);3-11H,1-2H3,(H,22,23,24);7-8H,1-6H2. The lowest BCUT2D eigenvalue weighted by Crippen LogP contribution is -2.59. The lowest BCUT2D eigenvalue weighted by molar-refractivity contribution is -0.387. The zero-order chi connectivity index (χ0) is 76.1. The summed E-state index contributed by atoms with van der Waals surface area (Å²) in [6.07, 6.45) is 19.1. The Morgan fingerprint density at radius 2 is 0.809 bits per heavy atom. The number of nitrogens with zero attached hydrogens (tertiary/aromatic N) is 16. The first kappa shape index (κ1) is 73.5. The van der Waals surface area contributed by atoms with Crippen LogP contribution in [0.5, 0.6) is 17.2 Å². The van der Waals surface area contributed by atoms with E-state index in [1.54, 1.807) is 44.9 Å². The molecule has 0 saturated carbocycles. The molecule has 6 aromatic heterocycles. The lowest BCUT2D eigenvalue weighted by Gasteiger charge is -2.46.